The van der Waals surface area contributed by atoms with Crippen LogP contribution in [0.15, 0.2) is 42.5 Å². The molecule has 0 heterocycles. The molecular weight excluding hydrogens is 242 g/mol. The maximum atomic E-state index is 11.5. The number of hydrogen-bond donors (Lipinski definition) is 2. The molecule has 0 atom stereocenters. The predicted octanol–water partition coefficient (Wildman–Crippen LogP) is 2.84. The first-order valence-corrected chi connectivity index (χ1v) is 5.74. The van der Waals surface area contributed by atoms with Crippen molar-refractivity contribution in [3.63, 3.8) is 0 Å². The van der Waals surface area contributed by atoms with Gasteiger partial charge in [-0.1, -0.05) is 30.3 Å². The number of aromatic carboxylic acids is 1. The lowest BCUT2D eigenvalue weighted by Crippen LogP contribution is -2.10. The summed E-state index contributed by atoms with van der Waals surface area (Å²) in [6, 6.07) is 12.4. The molecular formula is C15H13NO3. The minimum absolute atomic E-state index is 0.0622. The van der Waals surface area contributed by atoms with Crippen LogP contribution in [0.25, 0.3) is 11.1 Å². The fourth-order valence-corrected chi connectivity index (χ4v) is 2.02. The standard InChI is InChI=1S/C15H13NO3/c1-9(17)14-12(15(18)19)7-11(8-13(14)16)10-5-3-2-4-6-10/h2-8H,16H2,1H3,(H,18,19). The number of rotatable bonds is 3. The van der Waals surface area contributed by atoms with Gasteiger partial charge < -0.3 is 10.8 Å². The summed E-state index contributed by atoms with van der Waals surface area (Å²) in [5.74, 6) is -1.51. The van der Waals surface area contributed by atoms with Gasteiger partial charge in [0.25, 0.3) is 0 Å². The van der Waals surface area contributed by atoms with Gasteiger partial charge in [0.05, 0.1) is 11.1 Å². The number of anilines is 1. The van der Waals surface area contributed by atoms with Gasteiger partial charge in [-0.15, -0.1) is 0 Å². The second-order valence-corrected chi connectivity index (χ2v) is 4.22. The monoisotopic (exact) mass is 255 g/mol. The smallest absolute Gasteiger partial charge is 0.336 e. The molecule has 2 aromatic carbocycles. The van der Waals surface area contributed by atoms with E-state index < -0.39 is 5.97 Å². The van der Waals surface area contributed by atoms with Crippen molar-refractivity contribution >= 4 is 17.4 Å². The van der Waals surface area contributed by atoms with E-state index in [0.717, 1.165) is 5.56 Å². The highest BCUT2D eigenvalue weighted by atomic mass is 16.4. The van der Waals surface area contributed by atoms with Gasteiger partial charge in [0.2, 0.25) is 0 Å². The van der Waals surface area contributed by atoms with Gasteiger partial charge in [0.1, 0.15) is 0 Å². The van der Waals surface area contributed by atoms with Gasteiger partial charge in [-0.05, 0) is 30.2 Å². The zero-order valence-corrected chi connectivity index (χ0v) is 10.4. The van der Waals surface area contributed by atoms with Crippen LogP contribution in [0.2, 0.25) is 0 Å². The Kier molecular flexibility index (Phi) is 3.33. The number of Topliss-reactive ketones (excluding diaryl/α,β-unsaturated/α-hetero) is 1. The minimum Gasteiger partial charge on any atom is -0.478 e. The Morgan fingerprint density at radius 1 is 1.05 bits per heavy atom. The molecule has 3 N–H and O–H groups in total. The molecule has 2 aromatic rings. The molecule has 2 rings (SSSR count). The van der Waals surface area contributed by atoms with Gasteiger partial charge in [-0.25, -0.2) is 4.79 Å². The van der Waals surface area contributed by atoms with Crippen molar-refractivity contribution in [2.24, 2.45) is 0 Å². The summed E-state index contributed by atoms with van der Waals surface area (Å²) in [6.07, 6.45) is 0. The van der Waals surface area contributed by atoms with Crippen LogP contribution in [0.1, 0.15) is 27.6 Å². The van der Waals surface area contributed by atoms with E-state index in [2.05, 4.69) is 0 Å². The van der Waals surface area contributed by atoms with Crippen LogP contribution in [0.4, 0.5) is 5.69 Å². The number of carbonyl (C=O) groups excluding carboxylic acids is 1. The highest BCUT2D eigenvalue weighted by molar-refractivity contribution is 6.09. The van der Waals surface area contributed by atoms with E-state index in [-0.39, 0.29) is 22.6 Å². The number of nitrogens with two attached hydrogens (primary N) is 1. The highest BCUT2D eigenvalue weighted by Crippen LogP contribution is 2.27. The number of ketones is 1. The molecule has 19 heavy (non-hydrogen) atoms. The van der Waals surface area contributed by atoms with E-state index in [0.29, 0.717) is 5.56 Å². The van der Waals surface area contributed by atoms with Crippen molar-refractivity contribution in [1.82, 2.24) is 0 Å². The maximum Gasteiger partial charge on any atom is 0.336 e. The largest absolute Gasteiger partial charge is 0.478 e. The Morgan fingerprint density at radius 3 is 2.21 bits per heavy atom. The maximum absolute atomic E-state index is 11.5. The molecule has 0 aliphatic heterocycles. The van der Waals surface area contributed by atoms with E-state index >= 15 is 0 Å². The van der Waals surface area contributed by atoms with Crippen molar-refractivity contribution in [1.29, 1.82) is 0 Å². The number of carboxylic acid groups (broad SMARTS) is 1. The second-order valence-electron chi connectivity index (χ2n) is 4.22. The molecule has 0 unspecified atom stereocenters. The Labute approximate surface area is 110 Å². The van der Waals surface area contributed by atoms with Crippen molar-refractivity contribution in [2.75, 3.05) is 5.73 Å². The van der Waals surface area contributed by atoms with Gasteiger partial charge in [-0.2, -0.15) is 0 Å². The summed E-state index contributed by atoms with van der Waals surface area (Å²) in [5.41, 5.74) is 7.53. The van der Waals surface area contributed by atoms with E-state index in [1.807, 2.05) is 30.3 Å². The van der Waals surface area contributed by atoms with Crippen LogP contribution in [0.3, 0.4) is 0 Å². The molecule has 4 nitrogen and oxygen atoms in total. The van der Waals surface area contributed by atoms with Crippen LogP contribution in [-0.4, -0.2) is 16.9 Å². The first-order chi connectivity index (χ1) is 9.00. The Hall–Kier alpha value is -2.62. The number of hydrogen-bond acceptors (Lipinski definition) is 3. The molecule has 0 bridgehead atoms. The fourth-order valence-electron chi connectivity index (χ4n) is 2.02. The average Bonchev–Trinajstić information content (AvgIpc) is 2.38. The molecule has 0 saturated heterocycles. The molecule has 0 amide bonds. The predicted molar refractivity (Wildman–Crippen MR) is 73.3 cm³/mol. The van der Waals surface area contributed by atoms with Gasteiger partial charge >= 0.3 is 5.97 Å². The van der Waals surface area contributed by atoms with Crippen molar-refractivity contribution < 1.29 is 14.7 Å². The average molecular weight is 255 g/mol. The normalized spacial score (nSPS) is 10.2. The Balaban J connectivity index is 2.68. The lowest BCUT2D eigenvalue weighted by molar-refractivity contribution is 0.0692. The van der Waals surface area contributed by atoms with Crippen molar-refractivity contribution in [3.05, 3.63) is 53.6 Å². The van der Waals surface area contributed by atoms with E-state index in [9.17, 15) is 14.7 Å². The summed E-state index contributed by atoms with van der Waals surface area (Å²) in [4.78, 5) is 22.8. The quantitative estimate of drug-likeness (QED) is 0.652. The molecule has 0 saturated carbocycles. The number of carboxylic acids is 1. The molecule has 0 radical (unpaired) electrons. The van der Waals surface area contributed by atoms with E-state index in [1.165, 1.54) is 13.0 Å². The summed E-state index contributed by atoms with van der Waals surface area (Å²) < 4.78 is 0. The Bertz CT molecular complexity index is 648. The lowest BCUT2D eigenvalue weighted by Gasteiger charge is -2.10. The SMILES string of the molecule is CC(=O)c1c(N)cc(-c2ccccc2)cc1C(=O)O. The topological polar surface area (TPSA) is 80.4 Å². The van der Waals surface area contributed by atoms with Crippen LogP contribution >= 0.6 is 0 Å². The molecule has 0 aliphatic rings. The van der Waals surface area contributed by atoms with Gasteiger partial charge in [0, 0.05) is 5.69 Å². The number of nitrogen functional groups attached to an aromatic ring is 1. The van der Waals surface area contributed by atoms with Crippen LogP contribution < -0.4 is 5.73 Å². The molecule has 0 fully saturated rings. The van der Waals surface area contributed by atoms with E-state index in [4.69, 9.17) is 5.73 Å². The summed E-state index contributed by atoms with van der Waals surface area (Å²) in [6.45, 7) is 1.31. The first kappa shape index (κ1) is 12.8. The fraction of sp³-hybridized carbons (Fsp3) is 0.0667. The zero-order chi connectivity index (χ0) is 14.0. The lowest BCUT2D eigenvalue weighted by atomic mass is 9.95. The van der Waals surface area contributed by atoms with E-state index in [1.54, 1.807) is 6.07 Å². The highest BCUT2D eigenvalue weighted by Gasteiger charge is 2.18. The molecule has 0 aliphatic carbocycles. The summed E-state index contributed by atoms with van der Waals surface area (Å²) >= 11 is 0. The molecule has 0 spiro atoms. The Morgan fingerprint density at radius 2 is 1.68 bits per heavy atom. The second kappa shape index (κ2) is 4.94. The minimum atomic E-state index is -1.16. The van der Waals surface area contributed by atoms with Crippen LogP contribution in [0, 0.1) is 0 Å². The van der Waals surface area contributed by atoms with Gasteiger partial charge in [0.15, 0.2) is 5.78 Å². The van der Waals surface area contributed by atoms with Crippen molar-refractivity contribution in [2.45, 2.75) is 6.92 Å². The first-order valence-electron chi connectivity index (χ1n) is 5.74. The van der Waals surface area contributed by atoms with Crippen molar-refractivity contribution in [3.8, 4) is 11.1 Å². The third-order valence-electron chi connectivity index (χ3n) is 2.86. The third kappa shape index (κ3) is 2.47. The van der Waals surface area contributed by atoms with Crippen LogP contribution in [-0.2, 0) is 0 Å². The summed E-state index contributed by atoms with van der Waals surface area (Å²) in [7, 11) is 0. The number of benzene rings is 2. The number of carbonyl (C=O) groups is 2. The summed E-state index contributed by atoms with van der Waals surface area (Å²) in [5, 5.41) is 9.20. The van der Waals surface area contributed by atoms with Crippen LogP contribution in [0.5, 0.6) is 0 Å². The molecule has 0 aromatic heterocycles. The zero-order valence-electron chi connectivity index (χ0n) is 10.4. The van der Waals surface area contributed by atoms with Gasteiger partial charge in [-0.3, -0.25) is 4.79 Å². The molecule has 96 valence electrons. The molecule has 4 heteroatoms. The third-order valence-corrected chi connectivity index (χ3v) is 2.86.